The lowest BCUT2D eigenvalue weighted by Crippen LogP contribution is -2.45. The molecule has 0 aliphatic carbocycles. The van der Waals surface area contributed by atoms with Crippen molar-refractivity contribution in [3.8, 4) is 0 Å². The molecule has 1 heterocycles. The maximum atomic E-state index is 12.3. The van der Waals surface area contributed by atoms with Crippen molar-refractivity contribution in [2.24, 2.45) is 0 Å². The summed E-state index contributed by atoms with van der Waals surface area (Å²) in [5, 5.41) is 6.64. The zero-order chi connectivity index (χ0) is 16.3. The Morgan fingerprint density at radius 3 is 2.50 bits per heavy atom. The Kier molecular flexibility index (Phi) is 5.03. The van der Waals surface area contributed by atoms with Gasteiger partial charge in [0.2, 0.25) is 0 Å². The van der Waals surface area contributed by atoms with E-state index in [1.54, 1.807) is 6.92 Å². The predicted molar refractivity (Wildman–Crippen MR) is 91.7 cm³/mol. The number of thiocarbonyl (C=S) groups is 1. The molecular formula is C16H21N3O2S. The molecule has 0 saturated heterocycles. The Labute approximate surface area is 136 Å². The first kappa shape index (κ1) is 16.3. The van der Waals surface area contributed by atoms with E-state index in [0.29, 0.717) is 17.3 Å². The minimum absolute atomic E-state index is 0.302. The van der Waals surface area contributed by atoms with Crippen LogP contribution in [0.5, 0.6) is 0 Å². The molecule has 1 aliphatic rings. The fourth-order valence-electron chi connectivity index (χ4n) is 2.39. The van der Waals surface area contributed by atoms with Gasteiger partial charge in [0, 0.05) is 25.5 Å². The largest absolute Gasteiger partial charge is 0.463 e. The molecule has 1 aromatic carbocycles. The molecule has 1 atom stereocenters. The highest BCUT2D eigenvalue weighted by Crippen LogP contribution is 2.28. The van der Waals surface area contributed by atoms with E-state index in [9.17, 15) is 4.79 Å². The lowest BCUT2D eigenvalue weighted by atomic mass is 9.95. The average Bonchev–Trinajstić information content (AvgIpc) is 2.46. The first-order chi connectivity index (χ1) is 10.4. The van der Waals surface area contributed by atoms with Gasteiger partial charge in [-0.3, -0.25) is 0 Å². The lowest BCUT2D eigenvalue weighted by molar-refractivity contribution is -0.139. The van der Waals surface area contributed by atoms with Gasteiger partial charge < -0.3 is 20.3 Å². The summed E-state index contributed by atoms with van der Waals surface area (Å²) in [6.07, 6.45) is 0. The number of nitrogens with zero attached hydrogens (tertiary/aromatic N) is 1. The molecule has 0 aromatic heterocycles. The molecular weight excluding hydrogens is 298 g/mol. The smallest absolute Gasteiger partial charge is 0.338 e. The lowest BCUT2D eigenvalue weighted by Gasteiger charge is -2.30. The fraction of sp³-hybridized carbons (Fsp3) is 0.375. The van der Waals surface area contributed by atoms with Gasteiger partial charge in [0.05, 0.1) is 18.2 Å². The summed E-state index contributed by atoms with van der Waals surface area (Å²) < 4.78 is 5.17. The highest BCUT2D eigenvalue weighted by atomic mass is 32.1. The molecule has 1 aliphatic heterocycles. The van der Waals surface area contributed by atoms with Crippen LogP contribution >= 0.6 is 12.2 Å². The standard InChI is InChI=1S/C16H21N3O2S/c1-5-21-15(20)13-10(2)17-16(22)18-14(13)11-6-8-12(9-7-11)19(3)4/h6-9,14H,5H2,1-4H3,(H2,17,18,22)/t14-/m0/s1. The highest BCUT2D eigenvalue weighted by molar-refractivity contribution is 7.80. The van der Waals surface area contributed by atoms with Gasteiger partial charge in [-0.1, -0.05) is 12.1 Å². The van der Waals surface area contributed by atoms with Gasteiger partial charge in [0.15, 0.2) is 5.11 Å². The summed E-state index contributed by atoms with van der Waals surface area (Å²) in [6.45, 7) is 3.97. The molecule has 22 heavy (non-hydrogen) atoms. The average molecular weight is 319 g/mol. The van der Waals surface area contributed by atoms with Gasteiger partial charge in [0.1, 0.15) is 0 Å². The Hall–Kier alpha value is -2.08. The Morgan fingerprint density at radius 2 is 1.95 bits per heavy atom. The molecule has 2 N–H and O–H groups in total. The quantitative estimate of drug-likeness (QED) is 0.655. The second kappa shape index (κ2) is 6.79. The van der Waals surface area contributed by atoms with Gasteiger partial charge in [-0.05, 0) is 43.8 Å². The summed E-state index contributed by atoms with van der Waals surface area (Å²) in [5.74, 6) is -0.329. The SMILES string of the molecule is CCOC(=O)C1=C(C)NC(=S)N[C@H]1c1ccc(N(C)C)cc1. The van der Waals surface area contributed by atoms with Crippen molar-refractivity contribution in [3.05, 3.63) is 41.1 Å². The van der Waals surface area contributed by atoms with Crippen molar-refractivity contribution in [1.82, 2.24) is 10.6 Å². The number of rotatable bonds is 4. The van der Waals surface area contributed by atoms with E-state index in [1.165, 1.54) is 0 Å². The molecule has 5 nitrogen and oxygen atoms in total. The van der Waals surface area contributed by atoms with E-state index in [0.717, 1.165) is 16.9 Å². The van der Waals surface area contributed by atoms with E-state index >= 15 is 0 Å². The molecule has 2 rings (SSSR count). The van der Waals surface area contributed by atoms with E-state index in [2.05, 4.69) is 10.6 Å². The second-order valence-electron chi connectivity index (χ2n) is 5.28. The molecule has 0 unspecified atom stereocenters. The van der Waals surface area contributed by atoms with Crippen LogP contribution in [0.15, 0.2) is 35.5 Å². The van der Waals surface area contributed by atoms with Crippen LogP contribution in [0.2, 0.25) is 0 Å². The number of ether oxygens (including phenoxy) is 1. The Bertz CT molecular complexity index is 608. The molecule has 118 valence electrons. The van der Waals surface area contributed by atoms with Crippen molar-refractivity contribution in [2.75, 3.05) is 25.6 Å². The van der Waals surface area contributed by atoms with E-state index < -0.39 is 0 Å². The third-order valence-electron chi connectivity index (χ3n) is 3.51. The normalized spacial score (nSPS) is 17.6. The number of carbonyl (C=O) groups excluding carboxylic acids is 1. The summed E-state index contributed by atoms with van der Waals surface area (Å²) in [4.78, 5) is 14.3. The van der Waals surface area contributed by atoms with Gasteiger partial charge in [0.25, 0.3) is 0 Å². The molecule has 0 fully saturated rings. The van der Waals surface area contributed by atoms with Crippen molar-refractivity contribution < 1.29 is 9.53 Å². The van der Waals surface area contributed by atoms with Crippen LogP contribution in [-0.4, -0.2) is 31.8 Å². The minimum Gasteiger partial charge on any atom is -0.463 e. The number of hydrogen-bond acceptors (Lipinski definition) is 4. The number of nitrogens with one attached hydrogen (secondary N) is 2. The number of anilines is 1. The molecule has 1 aromatic rings. The van der Waals surface area contributed by atoms with Gasteiger partial charge >= 0.3 is 5.97 Å². The van der Waals surface area contributed by atoms with Gasteiger partial charge in [-0.2, -0.15) is 0 Å². The summed E-state index contributed by atoms with van der Waals surface area (Å²) in [5.41, 5.74) is 3.35. The monoisotopic (exact) mass is 319 g/mol. The van der Waals surface area contributed by atoms with E-state index in [1.807, 2.05) is 50.2 Å². The third kappa shape index (κ3) is 3.39. The summed E-state index contributed by atoms with van der Waals surface area (Å²) in [6, 6.07) is 7.71. The molecule has 0 radical (unpaired) electrons. The number of hydrogen-bond donors (Lipinski definition) is 2. The van der Waals surface area contributed by atoms with E-state index in [-0.39, 0.29) is 12.0 Å². The van der Waals surface area contributed by atoms with Crippen LogP contribution in [0.1, 0.15) is 25.5 Å². The summed E-state index contributed by atoms with van der Waals surface area (Å²) in [7, 11) is 3.97. The predicted octanol–water partition coefficient (Wildman–Crippen LogP) is 2.11. The Balaban J connectivity index is 2.38. The van der Waals surface area contributed by atoms with Crippen LogP contribution in [0.25, 0.3) is 0 Å². The topological polar surface area (TPSA) is 53.6 Å². The molecule has 0 bridgehead atoms. The summed E-state index contributed by atoms with van der Waals surface area (Å²) >= 11 is 5.21. The van der Waals surface area contributed by atoms with Crippen LogP contribution < -0.4 is 15.5 Å². The van der Waals surface area contributed by atoms with Crippen molar-refractivity contribution in [3.63, 3.8) is 0 Å². The number of carbonyl (C=O) groups is 1. The van der Waals surface area contributed by atoms with Crippen LogP contribution in [0.4, 0.5) is 5.69 Å². The molecule has 0 spiro atoms. The molecule has 6 heteroatoms. The number of esters is 1. The minimum atomic E-state index is -0.329. The van der Waals surface area contributed by atoms with Crippen molar-refractivity contribution in [1.29, 1.82) is 0 Å². The van der Waals surface area contributed by atoms with Crippen LogP contribution in [-0.2, 0) is 9.53 Å². The third-order valence-corrected chi connectivity index (χ3v) is 3.73. The number of benzene rings is 1. The van der Waals surface area contributed by atoms with Gasteiger partial charge in [-0.15, -0.1) is 0 Å². The number of allylic oxidation sites excluding steroid dienone is 1. The first-order valence-corrected chi connectivity index (χ1v) is 7.57. The van der Waals surface area contributed by atoms with Crippen molar-refractivity contribution >= 4 is 29.0 Å². The maximum absolute atomic E-state index is 12.3. The first-order valence-electron chi connectivity index (χ1n) is 7.16. The second-order valence-corrected chi connectivity index (χ2v) is 5.68. The zero-order valence-electron chi connectivity index (χ0n) is 13.3. The highest BCUT2D eigenvalue weighted by Gasteiger charge is 2.30. The van der Waals surface area contributed by atoms with Crippen LogP contribution in [0.3, 0.4) is 0 Å². The zero-order valence-corrected chi connectivity index (χ0v) is 14.1. The fourth-order valence-corrected chi connectivity index (χ4v) is 2.66. The van der Waals surface area contributed by atoms with Crippen LogP contribution in [0, 0.1) is 0 Å². The maximum Gasteiger partial charge on any atom is 0.338 e. The van der Waals surface area contributed by atoms with Crippen molar-refractivity contribution in [2.45, 2.75) is 19.9 Å². The van der Waals surface area contributed by atoms with E-state index in [4.69, 9.17) is 17.0 Å². The van der Waals surface area contributed by atoms with Gasteiger partial charge in [-0.25, -0.2) is 4.79 Å². The molecule has 0 saturated carbocycles. The molecule has 0 amide bonds. The Morgan fingerprint density at radius 1 is 1.32 bits per heavy atom.